The van der Waals surface area contributed by atoms with Crippen LogP contribution in [0.1, 0.15) is 18.1 Å². The fourth-order valence-corrected chi connectivity index (χ4v) is 4.84. The lowest BCUT2D eigenvalue weighted by molar-refractivity contribution is -0.113. The summed E-state index contributed by atoms with van der Waals surface area (Å²) in [5.41, 5.74) is 6.08. The quantitative estimate of drug-likeness (QED) is 0.287. The first-order valence-electron chi connectivity index (χ1n) is 11.2. The molecule has 0 saturated carbocycles. The number of nitrogens with one attached hydrogen (secondary N) is 2. The Morgan fingerprint density at radius 1 is 1.00 bits per heavy atom. The molecule has 0 fully saturated rings. The zero-order valence-electron chi connectivity index (χ0n) is 19.1. The van der Waals surface area contributed by atoms with Gasteiger partial charge in [-0.25, -0.2) is 0 Å². The van der Waals surface area contributed by atoms with Gasteiger partial charge in [-0.3, -0.25) is 9.36 Å². The Morgan fingerprint density at radius 2 is 1.76 bits per heavy atom. The molecule has 0 saturated heterocycles. The van der Waals surface area contributed by atoms with Gasteiger partial charge in [-0.15, -0.1) is 10.2 Å². The Labute approximate surface area is 202 Å². The molecule has 1 amide bonds. The topological polar surface area (TPSA) is 75.6 Å². The van der Waals surface area contributed by atoms with Gasteiger partial charge in [-0.1, -0.05) is 73.3 Å². The minimum atomic E-state index is -0.0705. The summed E-state index contributed by atoms with van der Waals surface area (Å²) < 4.78 is 2.04. The third kappa shape index (κ3) is 4.22. The molecule has 2 N–H and O–H groups in total. The number of amides is 1. The first-order valence-corrected chi connectivity index (χ1v) is 12.2. The van der Waals surface area contributed by atoms with Crippen molar-refractivity contribution >= 4 is 34.3 Å². The molecule has 0 atom stereocenters. The lowest BCUT2D eigenvalue weighted by atomic mass is 10.1. The number of aromatic nitrogens is 4. The van der Waals surface area contributed by atoms with Gasteiger partial charge in [0, 0.05) is 28.4 Å². The molecule has 7 heteroatoms. The van der Waals surface area contributed by atoms with Gasteiger partial charge in [0.05, 0.1) is 11.4 Å². The van der Waals surface area contributed by atoms with Gasteiger partial charge < -0.3 is 10.3 Å². The lowest BCUT2D eigenvalue weighted by Crippen LogP contribution is -2.15. The van der Waals surface area contributed by atoms with Crippen molar-refractivity contribution in [3.63, 3.8) is 0 Å². The highest BCUT2D eigenvalue weighted by atomic mass is 32.2. The average Bonchev–Trinajstić information content (AvgIpc) is 3.47. The molecule has 0 unspecified atom stereocenters. The summed E-state index contributed by atoms with van der Waals surface area (Å²) in [6.45, 7) is 4.15. The SMILES string of the molecule is CCc1ccccc1NC(=O)CSc1nnc(-c2c[nH]c3ccccc23)n1-c1ccccc1C. The summed E-state index contributed by atoms with van der Waals surface area (Å²) >= 11 is 1.38. The number of benzene rings is 3. The summed E-state index contributed by atoms with van der Waals surface area (Å²) in [7, 11) is 0. The lowest BCUT2D eigenvalue weighted by Gasteiger charge is -2.13. The fraction of sp³-hybridized carbons (Fsp3) is 0.148. The highest BCUT2D eigenvalue weighted by molar-refractivity contribution is 7.99. The van der Waals surface area contributed by atoms with Crippen molar-refractivity contribution < 1.29 is 4.79 Å². The monoisotopic (exact) mass is 467 g/mol. The van der Waals surface area contributed by atoms with E-state index in [1.54, 1.807) is 0 Å². The minimum absolute atomic E-state index is 0.0705. The van der Waals surface area contributed by atoms with E-state index in [0.29, 0.717) is 5.16 Å². The predicted molar refractivity (Wildman–Crippen MR) is 139 cm³/mol. The normalized spacial score (nSPS) is 11.1. The van der Waals surface area contributed by atoms with E-state index < -0.39 is 0 Å². The first-order chi connectivity index (χ1) is 16.7. The molecular weight excluding hydrogens is 442 g/mol. The number of para-hydroxylation sites is 3. The van der Waals surface area contributed by atoms with Crippen LogP contribution in [-0.2, 0) is 11.2 Å². The van der Waals surface area contributed by atoms with Crippen LogP contribution >= 0.6 is 11.8 Å². The Morgan fingerprint density at radius 3 is 2.62 bits per heavy atom. The van der Waals surface area contributed by atoms with Crippen molar-refractivity contribution in [2.45, 2.75) is 25.4 Å². The molecule has 0 radical (unpaired) electrons. The number of carbonyl (C=O) groups excluding carboxylic acids is 1. The van der Waals surface area contributed by atoms with Crippen LogP contribution in [0.3, 0.4) is 0 Å². The van der Waals surface area contributed by atoms with Gasteiger partial charge in [0.2, 0.25) is 5.91 Å². The van der Waals surface area contributed by atoms with Crippen LogP contribution in [0, 0.1) is 6.92 Å². The number of aryl methyl sites for hydroxylation is 2. The van der Waals surface area contributed by atoms with Crippen molar-refractivity contribution in [3.05, 3.63) is 90.1 Å². The number of nitrogens with zero attached hydrogens (tertiary/aromatic N) is 3. The van der Waals surface area contributed by atoms with E-state index in [1.807, 2.05) is 65.4 Å². The van der Waals surface area contributed by atoms with Gasteiger partial charge in [0.1, 0.15) is 0 Å². The maximum Gasteiger partial charge on any atom is 0.234 e. The molecule has 5 aromatic rings. The zero-order chi connectivity index (χ0) is 23.5. The third-order valence-electron chi connectivity index (χ3n) is 5.82. The van der Waals surface area contributed by atoms with Crippen molar-refractivity contribution in [1.29, 1.82) is 0 Å². The molecule has 2 heterocycles. The summed E-state index contributed by atoms with van der Waals surface area (Å²) in [5, 5.41) is 13.8. The van der Waals surface area contributed by atoms with Gasteiger partial charge in [0.15, 0.2) is 11.0 Å². The average molecular weight is 468 g/mol. The standard InChI is InChI=1S/C27H25N5OS/c1-3-19-11-5-7-13-22(19)29-25(33)17-34-27-31-30-26(32(27)24-15-9-4-10-18(24)2)21-16-28-23-14-8-6-12-20(21)23/h4-16,28H,3,17H2,1-2H3,(H,29,33). The number of thioether (sulfide) groups is 1. The van der Waals surface area contributed by atoms with Crippen LogP contribution in [0.5, 0.6) is 0 Å². The molecule has 0 bridgehead atoms. The number of carbonyl (C=O) groups is 1. The van der Waals surface area contributed by atoms with Gasteiger partial charge >= 0.3 is 0 Å². The number of fused-ring (bicyclic) bond motifs is 1. The predicted octanol–water partition coefficient (Wildman–Crippen LogP) is 6.02. The molecule has 5 rings (SSSR count). The van der Waals surface area contributed by atoms with Gasteiger partial charge in [-0.2, -0.15) is 0 Å². The molecule has 0 aliphatic heterocycles. The van der Waals surface area contributed by atoms with E-state index >= 15 is 0 Å². The van der Waals surface area contributed by atoms with Gasteiger partial charge in [-0.05, 0) is 42.7 Å². The van der Waals surface area contributed by atoms with E-state index in [0.717, 1.165) is 51.2 Å². The number of hydrogen-bond donors (Lipinski definition) is 2. The molecule has 2 aromatic heterocycles. The number of rotatable bonds is 7. The molecule has 170 valence electrons. The molecule has 0 aliphatic rings. The number of H-pyrrole nitrogens is 1. The second-order valence-corrected chi connectivity index (χ2v) is 8.97. The third-order valence-corrected chi connectivity index (χ3v) is 6.75. The van der Waals surface area contributed by atoms with Crippen LogP contribution in [0.15, 0.2) is 84.1 Å². The second-order valence-electron chi connectivity index (χ2n) is 8.02. The minimum Gasteiger partial charge on any atom is -0.360 e. The van der Waals surface area contributed by atoms with E-state index in [1.165, 1.54) is 11.8 Å². The highest BCUT2D eigenvalue weighted by Crippen LogP contribution is 2.33. The first kappa shape index (κ1) is 22.0. The summed E-state index contributed by atoms with van der Waals surface area (Å²) in [4.78, 5) is 16.1. The Bertz CT molecular complexity index is 1470. The number of anilines is 1. The largest absolute Gasteiger partial charge is 0.360 e. The molecule has 6 nitrogen and oxygen atoms in total. The Kier molecular flexibility index (Phi) is 6.18. The highest BCUT2D eigenvalue weighted by Gasteiger charge is 2.20. The van der Waals surface area contributed by atoms with Crippen LogP contribution in [-0.4, -0.2) is 31.4 Å². The smallest absolute Gasteiger partial charge is 0.234 e. The maximum absolute atomic E-state index is 12.8. The van der Waals surface area contributed by atoms with Gasteiger partial charge in [0.25, 0.3) is 0 Å². The maximum atomic E-state index is 12.8. The molecule has 0 spiro atoms. The second kappa shape index (κ2) is 9.57. The zero-order valence-corrected chi connectivity index (χ0v) is 19.9. The van der Waals surface area contributed by atoms with Crippen molar-refractivity contribution in [1.82, 2.24) is 19.7 Å². The van der Waals surface area contributed by atoms with Crippen molar-refractivity contribution in [3.8, 4) is 17.1 Å². The molecule has 0 aliphatic carbocycles. The van der Waals surface area contributed by atoms with Crippen LogP contribution < -0.4 is 5.32 Å². The van der Waals surface area contributed by atoms with E-state index in [9.17, 15) is 4.79 Å². The number of hydrogen-bond acceptors (Lipinski definition) is 4. The molecule has 3 aromatic carbocycles. The van der Waals surface area contributed by atoms with E-state index in [4.69, 9.17) is 0 Å². The van der Waals surface area contributed by atoms with E-state index in [-0.39, 0.29) is 11.7 Å². The van der Waals surface area contributed by atoms with E-state index in [2.05, 4.69) is 52.5 Å². The summed E-state index contributed by atoms with van der Waals surface area (Å²) in [5.74, 6) is 0.903. The number of aromatic amines is 1. The molecule has 34 heavy (non-hydrogen) atoms. The van der Waals surface area contributed by atoms with Crippen LogP contribution in [0.25, 0.3) is 28.0 Å². The Hall–Kier alpha value is -3.84. The van der Waals surface area contributed by atoms with Crippen molar-refractivity contribution in [2.75, 3.05) is 11.1 Å². The fourth-order valence-electron chi connectivity index (χ4n) is 4.09. The van der Waals surface area contributed by atoms with Crippen molar-refractivity contribution in [2.24, 2.45) is 0 Å². The van der Waals surface area contributed by atoms with Crippen LogP contribution in [0.2, 0.25) is 0 Å². The molecular formula is C27H25N5OS. The summed E-state index contributed by atoms with van der Waals surface area (Å²) in [6.07, 6.45) is 2.82. The summed E-state index contributed by atoms with van der Waals surface area (Å²) in [6, 6.07) is 24.2. The Balaban J connectivity index is 1.48. The van der Waals surface area contributed by atoms with Crippen LogP contribution in [0.4, 0.5) is 5.69 Å².